The molecule has 4 heteroatoms. The molecule has 84 valence electrons. The molecule has 1 saturated heterocycles. The van der Waals surface area contributed by atoms with E-state index in [1.54, 1.807) is 4.90 Å². The molecule has 1 amide bonds. The van der Waals surface area contributed by atoms with Crippen LogP contribution in [0.5, 0.6) is 0 Å². The molecule has 4 nitrogen and oxygen atoms in total. The van der Waals surface area contributed by atoms with Gasteiger partial charge < -0.3 is 14.5 Å². The number of hydrogen-bond donors (Lipinski definition) is 0. The summed E-state index contributed by atoms with van der Waals surface area (Å²) in [5.41, 5.74) is -0.430. The van der Waals surface area contributed by atoms with Crippen molar-refractivity contribution >= 4 is 6.09 Å². The van der Waals surface area contributed by atoms with Crippen LogP contribution < -0.4 is 0 Å². The summed E-state index contributed by atoms with van der Waals surface area (Å²) in [5, 5.41) is 0. The molecule has 1 fully saturated rings. The van der Waals surface area contributed by atoms with Crippen LogP contribution >= 0.6 is 0 Å². The van der Waals surface area contributed by atoms with E-state index in [4.69, 9.17) is 11.2 Å². The van der Waals surface area contributed by atoms with Crippen molar-refractivity contribution in [3.8, 4) is 12.5 Å². The number of hydrogen-bond acceptors (Lipinski definition) is 3. The van der Waals surface area contributed by atoms with Crippen LogP contribution in [0, 0.1) is 12.5 Å². The number of nitrogens with zero attached hydrogens (tertiary/aromatic N) is 2. The van der Waals surface area contributed by atoms with Crippen LogP contribution in [0.1, 0.15) is 20.8 Å². The number of terminal acetylenes is 1. The highest BCUT2D eigenvalue weighted by Crippen LogP contribution is 2.11. The van der Waals surface area contributed by atoms with E-state index < -0.39 is 5.60 Å². The monoisotopic (exact) mass is 210 g/mol. The maximum Gasteiger partial charge on any atom is 0.410 e. The molecular formula is C11H18N2O2. The first kappa shape index (κ1) is 11.7. The summed E-state index contributed by atoms with van der Waals surface area (Å²) in [6.07, 6.45) is 5.02. The molecule has 0 atom stereocenters. The lowest BCUT2D eigenvalue weighted by Crippen LogP contribution is -2.48. The van der Waals surface area contributed by atoms with E-state index in [-0.39, 0.29) is 6.09 Å². The second kappa shape index (κ2) is 4.43. The Balaban J connectivity index is 2.41. The second-order valence-electron chi connectivity index (χ2n) is 4.58. The zero-order valence-electron chi connectivity index (χ0n) is 9.62. The van der Waals surface area contributed by atoms with Crippen molar-refractivity contribution < 1.29 is 9.53 Å². The van der Waals surface area contributed by atoms with Crippen LogP contribution in [0.2, 0.25) is 0 Å². The zero-order valence-corrected chi connectivity index (χ0v) is 9.62. The minimum atomic E-state index is -0.430. The predicted octanol–water partition coefficient (Wildman–Crippen LogP) is 1.13. The number of amides is 1. The van der Waals surface area contributed by atoms with Gasteiger partial charge in [0.2, 0.25) is 0 Å². The van der Waals surface area contributed by atoms with Crippen molar-refractivity contribution in [3.05, 3.63) is 0 Å². The minimum absolute atomic E-state index is 0.251. The van der Waals surface area contributed by atoms with Crippen molar-refractivity contribution in [1.82, 2.24) is 9.80 Å². The van der Waals surface area contributed by atoms with Crippen molar-refractivity contribution in [3.63, 3.8) is 0 Å². The summed E-state index contributed by atoms with van der Waals surface area (Å²) in [6, 6.07) is 2.57. The summed E-state index contributed by atoms with van der Waals surface area (Å²) in [5.74, 6) is 0. The third kappa shape index (κ3) is 3.70. The fourth-order valence-electron chi connectivity index (χ4n) is 1.34. The number of ether oxygens (including phenoxy) is 1. The normalized spacial score (nSPS) is 17.2. The lowest BCUT2D eigenvalue weighted by atomic mass is 10.2. The zero-order chi connectivity index (χ0) is 11.5. The third-order valence-electron chi connectivity index (χ3n) is 2.11. The van der Waals surface area contributed by atoms with Crippen molar-refractivity contribution in [1.29, 1.82) is 0 Å². The van der Waals surface area contributed by atoms with Gasteiger partial charge in [-0.3, -0.25) is 0 Å². The van der Waals surface area contributed by atoms with Gasteiger partial charge in [-0.2, -0.15) is 0 Å². The Morgan fingerprint density at radius 3 is 2.20 bits per heavy atom. The quantitative estimate of drug-likeness (QED) is 0.562. The first-order valence-electron chi connectivity index (χ1n) is 5.11. The largest absolute Gasteiger partial charge is 0.444 e. The van der Waals surface area contributed by atoms with E-state index in [2.05, 4.69) is 6.04 Å². The summed E-state index contributed by atoms with van der Waals surface area (Å²) in [7, 11) is 0. The van der Waals surface area contributed by atoms with Crippen molar-refractivity contribution in [2.75, 3.05) is 26.2 Å². The van der Waals surface area contributed by atoms with E-state index in [0.29, 0.717) is 13.1 Å². The van der Waals surface area contributed by atoms with E-state index in [1.807, 2.05) is 25.7 Å². The van der Waals surface area contributed by atoms with Crippen LogP contribution in [0.15, 0.2) is 0 Å². The maximum atomic E-state index is 11.6. The lowest BCUT2D eigenvalue weighted by molar-refractivity contribution is 0.0182. The van der Waals surface area contributed by atoms with Gasteiger partial charge in [0.25, 0.3) is 0 Å². The molecule has 15 heavy (non-hydrogen) atoms. The molecule has 1 rings (SSSR count). The molecule has 0 saturated carbocycles. The van der Waals surface area contributed by atoms with Gasteiger partial charge in [-0.15, -0.1) is 0 Å². The molecule has 0 aromatic rings. The summed E-state index contributed by atoms with van der Waals surface area (Å²) >= 11 is 0. The van der Waals surface area contributed by atoms with Crippen LogP contribution in [0.3, 0.4) is 0 Å². The Labute approximate surface area is 91.2 Å². The van der Waals surface area contributed by atoms with Gasteiger partial charge in [0.1, 0.15) is 5.60 Å². The smallest absolute Gasteiger partial charge is 0.410 e. The van der Waals surface area contributed by atoms with Crippen LogP contribution in [-0.4, -0.2) is 47.7 Å². The average Bonchev–Trinajstić information content (AvgIpc) is 2.15. The maximum absolute atomic E-state index is 11.6. The molecule has 0 bridgehead atoms. The minimum Gasteiger partial charge on any atom is -0.444 e. The first-order valence-corrected chi connectivity index (χ1v) is 5.11. The summed E-state index contributed by atoms with van der Waals surface area (Å²) < 4.78 is 5.26. The lowest BCUT2D eigenvalue weighted by Gasteiger charge is -2.33. The van der Waals surface area contributed by atoms with Gasteiger partial charge in [-0.05, 0) is 20.8 Å². The highest BCUT2D eigenvalue weighted by Gasteiger charge is 2.24. The van der Waals surface area contributed by atoms with Gasteiger partial charge in [0, 0.05) is 32.2 Å². The molecule has 0 aromatic carbocycles. The van der Waals surface area contributed by atoms with Gasteiger partial charge in [-0.1, -0.05) is 6.42 Å². The SMILES string of the molecule is C#CN1CCN(C(=O)OC(C)(C)C)CC1. The Kier molecular flexibility index (Phi) is 3.46. The second-order valence-corrected chi connectivity index (χ2v) is 4.58. The van der Waals surface area contributed by atoms with Gasteiger partial charge in [-0.25, -0.2) is 4.79 Å². The first-order chi connectivity index (χ1) is 6.92. The van der Waals surface area contributed by atoms with Crippen LogP contribution in [0.25, 0.3) is 0 Å². The fraction of sp³-hybridized carbons (Fsp3) is 0.727. The van der Waals surface area contributed by atoms with Crippen molar-refractivity contribution in [2.24, 2.45) is 0 Å². The summed E-state index contributed by atoms with van der Waals surface area (Å²) in [6.45, 7) is 8.30. The molecule has 0 radical (unpaired) electrons. The van der Waals surface area contributed by atoms with E-state index in [0.717, 1.165) is 13.1 Å². The number of carbonyl (C=O) groups excluding carboxylic acids is 1. The molecular weight excluding hydrogens is 192 g/mol. The van der Waals surface area contributed by atoms with E-state index >= 15 is 0 Å². The molecule has 1 aliphatic heterocycles. The van der Waals surface area contributed by atoms with Crippen LogP contribution in [0.4, 0.5) is 4.79 Å². The predicted molar refractivity (Wildman–Crippen MR) is 58.2 cm³/mol. The highest BCUT2D eigenvalue weighted by atomic mass is 16.6. The molecule has 0 aromatic heterocycles. The number of rotatable bonds is 0. The molecule has 0 spiro atoms. The van der Waals surface area contributed by atoms with Gasteiger partial charge >= 0.3 is 6.09 Å². The van der Waals surface area contributed by atoms with Crippen LogP contribution in [-0.2, 0) is 4.74 Å². The van der Waals surface area contributed by atoms with E-state index in [1.165, 1.54) is 0 Å². The molecule has 1 heterocycles. The topological polar surface area (TPSA) is 32.8 Å². The summed E-state index contributed by atoms with van der Waals surface area (Å²) in [4.78, 5) is 15.2. The molecule has 0 unspecified atom stereocenters. The van der Waals surface area contributed by atoms with Gasteiger partial charge in [0.05, 0.1) is 0 Å². The third-order valence-corrected chi connectivity index (χ3v) is 2.11. The number of piperazine rings is 1. The molecule has 1 aliphatic rings. The Hall–Kier alpha value is -1.37. The number of carbonyl (C=O) groups is 1. The fourth-order valence-corrected chi connectivity index (χ4v) is 1.34. The van der Waals surface area contributed by atoms with Crippen molar-refractivity contribution in [2.45, 2.75) is 26.4 Å². The highest BCUT2D eigenvalue weighted by molar-refractivity contribution is 5.68. The Morgan fingerprint density at radius 1 is 1.27 bits per heavy atom. The van der Waals surface area contributed by atoms with E-state index in [9.17, 15) is 4.79 Å². The standard InChI is InChI=1S/C11H18N2O2/c1-5-12-6-8-13(9-7-12)10(14)15-11(2,3)4/h1H,6-9H2,2-4H3. The molecule has 0 aliphatic carbocycles. The molecule has 0 N–H and O–H groups in total. The Bertz CT molecular complexity index is 267. The average molecular weight is 210 g/mol. The van der Waals surface area contributed by atoms with Gasteiger partial charge in [0.15, 0.2) is 0 Å². The Morgan fingerprint density at radius 2 is 1.80 bits per heavy atom.